The molecule has 2 N–H and O–H groups in total. The van der Waals surface area contributed by atoms with E-state index in [1.807, 2.05) is 18.1 Å². The van der Waals surface area contributed by atoms with Crippen molar-refractivity contribution < 1.29 is 17.9 Å². The Labute approximate surface area is 220 Å². The molecule has 2 aliphatic rings. The number of carbonyl (C=O) groups excluding carboxylic acids is 1. The predicted octanol–water partition coefficient (Wildman–Crippen LogP) is 3.05. The Kier molecular flexibility index (Phi) is 7.68. The zero-order valence-electron chi connectivity index (χ0n) is 20.6. The van der Waals surface area contributed by atoms with E-state index >= 15 is 0 Å². The molecule has 2 fully saturated rings. The Balaban J connectivity index is 1.35. The van der Waals surface area contributed by atoms with Crippen molar-refractivity contribution in [3.63, 3.8) is 0 Å². The van der Waals surface area contributed by atoms with Crippen LogP contribution in [0.25, 0.3) is 10.3 Å². The Bertz CT molecular complexity index is 1390. The minimum Gasteiger partial charge on any atom is -0.478 e. The SMILES string of the molecule is CNCCCOc1ccc2nc(NC(=O)/C(=N/N3CCCC3)c3ccc(S(=O)(=O)C4CC4)cc3)sc2n1. The van der Waals surface area contributed by atoms with E-state index in [0.29, 0.717) is 46.4 Å². The van der Waals surface area contributed by atoms with E-state index in [4.69, 9.17) is 4.74 Å². The summed E-state index contributed by atoms with van der Waals surface area (Å²) >= 11 is 1.26. The number of thiazole rings is 1. The van der Waals surface area contributed by atoms with E-state index in [1.165, 1.54) is 11.3 Å². The first-order valence-corrected chi connectivity index (χ1v) is 14.8. The number of hydrogen-bond acceptors (Lipinski definition) is 10. The van der Waals surface area contributed by atoms with Gasteiger partial charge in [0.15, 0.2) is 20.7 Å². The van der Waals surface area contributed by atoms with E-state index in [1.54, 1.807) is 30.3 Å². The average molecular weight is 543 g/mol. The molecular formula is C25H30N6O4S2. The summed E-state index contributed by atoms with van der Waals surface area (Å²) in [4.78, 5) is 23.3. The summed E-state index contributed by atoms with van der Waals surface area (Å²) in [5.74, 6) is 0.106. The molecule has 1 aromatic carbocycles. The summed E-state index contributed by atoms with van der Waals surface area (Å²) in [5, 5.41) is 12.6. The van der Waals surface area contributed by atoms with Gasteiger partial charge in [-0.15, -0.1) is 0 Å². The first-order chi connectivity index (χ1) is 17.9. The third-order valence-electron chi connectivity index (χ3n) is 6.23. The number of aromatic nitrogens is 2. The number of amides is 1. The fourth-order valence-electron chi connectivity index (χ4n) is 4.07. The van der Waals surface area contributed by atoms with Crippen LogP contribution in [0.2, 0.25) is 0 Å². The molecule has 3 heterocycles. The van der Waals surface area contributed by atoms with Gasteiger partial charge in [0.25, 0.3) is 5.91 Å². The molecular weight excluding hydrogens is 512 g/mol. The van der Waals surface area contributed by atoms with Crippen LogP contribution in [0.4, 0.5) is 5.13 Å². The second-order valence-corrected chi connectivity index (χ2v) is 12.3. The molecule has 1 amide bonds. The molecule has 3 aromatic rings. The lowest BCUT2D eigenvalue weighted by atomic mass is 10.1. The highest BCUT2D eigenvalue weighted by Crippen LogP contribution is 2.33. The summed E-state index contributed by atoms with van der Waals surface area (Å²) in [6, 6.07) is 10.0. The predicted molar refractivity (Wildman–Crippen MR) is 144 cm³/mol. The Morgan fingerprint density at radius 2 is 1.89 bits per heavy atom. The van der Waals surface area contributed by atoms with Crippen LogP contribution < -0.4 is 15.4 Å². The van der Waals surface area contributed by atoms with Crippen molar-refractivity contribution in [1.29, 1.82) is 0 Å². The molecule has 0 spiro atoms. The van der Waals surface area contributed by atoms with Gasteiger partial charge in [0.05, 0.1) is 16.8 Å². The van der Waals surface area contributed by atoms with Crippen LogP contribution in [-0.4, -0.2) is 73.6 Å². The zero-order valence-corrected chi connectivity index (χ0v) is 22.3. The van der Waals surface area contributed by atoms with E-state index in [2.05, 4.69) is 25.7 Å². The van der Waals surface area contributed by atoms with Gasteiger partial charge in [-0.25, -0.2) is 18.4 Å². The largest absolute Gasteiger partial charge is 0.478 e. The van der Waals surface area contributed by atoms with Gasteiger partial charge in [0, 0.05) is 24.7 Å². The summed E-state index contributed by atoms with van der Waals surface area (Å²) in [6.07, 6.45) is 4.30. The maximum atomic E-state index is 13.4. The van der Waals surface area contributed by atoms with Gasteiger partial charge in [-0.3, -0.25) is 15.1 Å². The normalized spacial score (nSPS) is 16.4. The van der Waals surface area contributed by atoms with E-state index in [-0.39, 0.29) is 15.9 Å². The van der Waals surface area contributed by atoms with Crippen molar-refractivity contribution in [1.82, 2.24) is 20.3 Å². The van der Waals surface area contributed by atoms with Crippen molar-refractivity contribution in [3.8, 4) is 5.88 Å². The quantitative estimate of drug-likeness (QED) is 0.280. The number of carbonyl (C=O) groups is 1. The van der Waals surface area contributed by atoms with Gasteiger partial charge in [0.2, 0.25) is 5.88 Å². The van der Waals surface area contributed by atoms with Crippen LogP contribution in [0.15, 0.2) is 46.4 Å². The number of rotatable bonds is 11. The number of benzene rings is 1. The average Bonchev–Trinajstić information content (AvgIpc) is 3.50. The fourth-order valence-corrected chi connectivity index (χ4v) is 6.55. The molecule has 0 atom stereocenters. The van der Waals surface area contributed by atoms with Crippen LogP contribution in [0.5, 0.6) is 5.88 Å². The lowest BCUT2D eigenvalue weighted by Gasteiger charge is -2.14. The molecule has 1 aliphatic heterocycles. The highest BCUT2D eigenvalue weighted by atomic mass is 32.2. The Morgan fingerprint density at radius 1 is 1.14 bits per heavy atom. The van der Waals surface area contributed by atoms with Crippen LogP contribution in [-0.2, 0) is 14.6 Å². The molecule has 196 valence electrons. The summed E-state index contributed by atoms with van der Waals surface area (Å²) in [5.41, 5.74) is 1.43. The topological polar surface area (TPSA) is 126 Å². The van der Waals surface area contributed by atoms with Gasteiger partial charge in [0.1, 0.15) is 10.3 Å². The number of ether oxygens (including phenoxy) is 1. The van der Waals surface area contributed by atoms with Gasteiger partial charge < -0.3 is 10.1 Å². The smallest absolute Gasteiger partial charge is 0.278 e. The van der Waals surface area contributed by atoms with Crippen molar-refractivity contribution in [2.24, 2.45) is 5.10 Å². The lowest BCUT2D eigenvalue weighted by molar-refractivity contribution is -0.110. The molecule has 37 heavy (non-hydrogen) atoms. The molecule has 2 aromatic heterocycles. The molecule has 1 saturated carbocycles. The Hall–Kier alpha value is -3.09. The number of nitrogens with one attached hydrogen (secondary N) is 2. The van der Waals surface area contributed by atoms with Gasteiger partial charge in [-0.1, -0.05) is 23.5 Å². The van der Waals surface area contributed by atoms with Crippen LogP contribution >= 0.6 is 11.3 Å². The summed E-state index contributed by atoms with van der Waals surface area (Å²) < 4.78 is 30.9. The number of sulfone groups is 1. The molecule has 0 radical (unpaired) electrons. The Morgan fingerprint density at radius 3 is 2.59 bits per heavy atom. The number of anilines is 1. The van der Waals surface area contributed by atoms with Crippen LogP contribution in [0.3, 0.4) is 0 Å². The van der Waals surface area contributed by atoms with Gasteiger partial charge in [-0.05, 0) is 63.9 Å². The highest BCUT2D eigenvalue weighted by molar-refractivity contribution is 7.92. The summed E-state index contributed by atoms with van der Waals surface area (Å²) in [6.45, 7) is 2.96. The molecule has 1 saturated heterocycles. The maximum Gasteiger partial charge on any atom is 0.278 e. The van der Waals surface area contributed by atoms with E-state index < -0.39 is 15.7 Å². The maximum absolute atomic E-state index is 13.4. The lowest BCUT2D eigenvalue weighted by Crippen LogP contribution is -2.27. The van der Waals surface area contributed by atoms with Crippen molar-refractivity contribution in [2.45, 2.75) is 42.2 Å². The second kappa shape index (κ2) is 11.1. The van der Waals surface area contributed by atoms with Gasteiger partial charge >= 0.3 is 0 Å². The number of nitrogens with zero attached hydrogens (tertiary/aromatic N) is 4. The number of pyridine rings is 1. The number of hydrazone groups is 1. The monoisotopic (exact) mass is 542 g/mol. The van der Waals surface area contributed by atoms with Crippen LogP contribution in [0, 0.1) is 0 Å². The molecule has 5 rings (SSSR count). The zero-order chi connectivity index (χ0) is 25.8. The number of hydrogen-bond donors (Lipinski definition) is 2. The third kappa shape index (κ3) is 6.08. The highest BCUT2D eigenvalue weighted by Gasteiger charge is 2.36. The summed E-state index contributed by atoms with van der Waals surface area (Å²) in [7, 11) is -1.41. The van der Waals surface area contributed by atoms with Crippen molar-refractivity contribution in [2.75, 3.05) is 38.6 Å². The molecule has 12 heteroatoms. The minimum atomic E-state index is -3.31. The second-order valence-electron chi connectivity index (χ2n) is 9.13. The van der Waals surface area contributed by atoms with E-state index in [9.17, 15) is 13.2 Å². The minimum absolute atomic E-state index is 0.220. The number of fused-ring (bicyclic) bond motifs is 1. The first-order valence-electron chi connectivity index (χ1n) is 12.5. The molecule has 0 unspecified atom stereocenters. The van der Waals surface area contributed by atoms with Crippen molar-refractivity contribution >= 4 is 48.3 Å². The van der Waals surface area contributed by atoms with E-state index in [0.717, 1.165) is 38.9 Å². The third-order valence-corrected chi connectivity index (χ3v) is 9.39. The fraction of sp³-hybridized carbons (Fsp3) is 0.440. The van der Waals surface area contributed by atoms with Crippen LogP contribution in [0.1, 0.15) is 37.7 Å². The van der Waals surface area contributed by atoms with Crippen molar-refractivity contribution in [3.05, 3.63) is 42.0 Å². The molecule has 0 bridgehead atoms. The first kappa shape index (κ1) is 25.6. The standard InChI is InChI=1S/C25H30N6O4S2/c1-26-13-4-16-35-21-12-11-20-24(28-21)36-25(27-20)29-23(32)22(30-31-14-2-3-15-31)17-5-7-18(8-6-17)37(33,34)19-9-10-19/h5-8,11-12,19,26H,2-4,9-10,13-16H2,1H3,(H,27,29,32)/b30-22+. The molecule has 10 nitrogen and oxygen atoms in total. The molecule has 1 aliphatic carbocycles. The van der Waals surface area contributed by atoms with Gasteiger partial charge in [-0.2, -0.15) is 5.10 Å².